The van der Waals surface area contributed by atoms with Gasteiger partial charge in [0.25, 0.3) is 0 Å². The predicted octanol–water partition coefficient (Wildman–Crippen LogP) is 5.11. The molecule has 0 atom stereocenters. The Kier molecular flexibility index (Phi) is 7.11. The molecule has 0 fully saturated rings. The van der Waals surface area contributed by atoms with Gasteiger partial charge >= 0.3 is 0 Å². The Morgan fingerprint density at radius 3 is 2.29 bits per heavy atom. The van der Waals surface area contributed by atoms with Crippen molar-refractivity contribution in [2.24, 2.45) is 0 Å². The van der Waals surface area contributed by atoms with E-state index in [0.717, 1.165) is 4.47 Å². The average Bonchev–Trinajstić information content (AvgIpc) is 2.22. The fraction of sp³-hybridized carbons (Fsp3) is 0.273. The molecule has 1 rings (SSSR count). The van der Waals surface area contributed by atoms with E-state index in [0.29, 0.717) is 16.5 Å². The maximum absolute atomic E-state index is 13.3. The van der Waals surface area contributed by atoms with Gasteiger partial charge in [-0.2, -0.15) is 0 Å². The van der Waals surface area contributed by atoms with Gasteiger partial charge in [0.05, 0.1) is 4.47 Å². The average molecular weight is 324 g/mol. The van der Waals surface area contributed by atoms with Crippen LogP contribution in [-0.4, -0.2) is 0 Å². The summed E-state index contributed by atoms with van der Waals surface area (Å²) >= 11 is 6.39. The molecule has 0 bridgehead atoms. The Morgan fingerprint density at radius 2 is 1.79 bits per heavy atom. The zero-order valence-electron chi connectivity index (χ0n) is 8.28. The molecule has 3 heteroatoms. The van der Waals surface area contributed by atoms with E-state index >= 15 is 0 Å². The quantitative estimate of drug-likeness (QED) is 0.524. The zero-order chi connectivity index (χ0) is 11.1. The second-order valence-electron chi connectivity index (χ2n) is 2.31. The Balaban J connectivity index is 0.000000791. The van der Waals surface area contributed by atoms with Gasteiger partial charge in [-0.3, -0.25) is 0 Å². The van der Waals surface area contributed by atoms with Crippen LogP contribution in [0.1, 0.15) is 19.4 Å². The Morgan fingerprint density at radius 1 is 1.29 bits per heavy atom. The minimum atomic E-state index is -0.218. The lowest BCUT2D eigenvalue weighted by atomic mass is 10.1. The molecule has 0 N–H and O–H groups in total. The fourth-order valence-electron chi connectivity index (χ4n) is 0.901. The van der Waals surface area contributed by atoms with E-state index in [1.165, 1.54) is 0 Å². The second kappa shape index (κ2) is 7.18. The van der Waals surface area contributed by atoms with Crippen LogP contribution in [0.3, 0.4) is 0 Å². The number of allylic oxidation sites excluding steroid dienone is 1. The summed E-state index contributed by atoms with van der Waals surface area (Å²) in [5.74, 6) is -0.218. The SMILES string of the molecule is C=CCc1c(Br)ccc(Br)c1F.CC. The summed E-state index contributed by atoms with van der Waals surface area (Å²) in [5.41, 5.74) is 0.638. The summed E-state index contributed by atoms with van der Waals surface area (Å²) in [7, 11) is 0. The largest absolute Gasteiger partial charge is 0.205 e. The standard InChI is InChI=1S/C9H7Br2F.C2H6/c1-2-3-6-7(10)4-5-8(11)9(6)12;1-2/h2,4-5H,1,3H2;1-2H3. The molecular weight excluding hydrogens is 311 g/mol. The molecule has 0 heterocycles. The lowest BCUT2D eigenvalue weighted by molar-refractivity contribution is 0.607. The van der Waals surface area contributed by atoms with Crippen LogP contribution in [0.2, 0.25) is 0 Å². The van der Waals surface area contributed by atoms with Crippen molar-refractivity contribution in [3.05, 3.63) is 45.1 Å². The van der Waals surface area contributed by atoms with E-state index in [9.17, 15) is 4.39 Å². The van der Waals surface area contributed by atoms with Gasteiger partial charge in [-0.25, -0.2) is 4.39 Å². The van der Waals surface area contributed by atoms with Crippen LogP contribution in [0.25, 0.3) is 0 Å². The van der Waals surface area contributed by atoms with Crippen molar-refractivity contribution in [1.29, 1.82) is 0 Å². The third kappa shape index (κ3) is 3.54. The summed E-state index contributed by atoms with van der Waals surface area (Å²) in [6.07, 6.45) is 2.21. The molecule has 14 heavy (non-hydrogen) atoms. The van der Waals surface area contributed by atoms with Crippen molar-refractivity contribution in [3.63, 3.8) is 0 Å². The molecule has 0 saturated carbocycles. The topological polar surface area (TPSA) is 0 Å². The van der Waals surface area contributed by atoms with Crippen molar-refractivity contribution in [1.82, 2.24) is 0 Å². The molecular formula is C11H13Br2F. The molecule has 78 valence electrons. The highest BCUT2D eigenvalue weighted by atomic mass is 79.9. The van der Waals surface area contributed by atoms with Gasteiger partial charge in [-0.15, -0.1) is 6.58 Å². The molecule has 0 aliphatic carbocycles. The molecule has 0 aromatic heterocycles. The number of benzene rings is 1. The van der Waals surface area contributed by atoms with E-state index < -0.39 is 0 Å². The van der Waals surface area contributed by atoms with Crippen LogP contribution in [0.15, 0.2) is 33.7 Å². The van der Waals surface area contributed by atoms with Crippen molar-refractivity contribution in [2.75, 3.05) is 0 Å². The van der Waals surface area contributed by atoms with E-state index in [-0.39, 0.29) is 5.82 Å². The molecule has 1 aromatic rings. The van der Waals surface area contributed by atoms with Crippen molar-refractivity contribution in [2.45, 2.75) is 20.3 Å². The van der Waals surface area contributed by atoms with Crippen LogP contribution in [-0.2, 0) is 6.42 Å². The van der Waals surface area contributed by atoms with Gasteiger partial charge in [0.1, 0.15) is 5.82 Å². The summed E-state index contributed by atoms with van der Waals surface area (Å²) in [5, 5.41) is 0. The minimum Gasteiger partial charge on any atom is -0.205 e. The minimum absolute atomic E-state index is 0.218. The van der Waals surface area contributed by atoms with E-state index in [1.807, 2.05) is 19.9 Å². The van der Waals surface area contributed by atoms with Crippen LogP contribution >= 0.6 is 31.9 Å². The van der Waals surface area contributed by atoms with Gasteiger partial charge in [0.15, 0.2) is 0 Å². The molecule has 0 aliphatic rings. The zero-order valence-corrected chi connectivity index (χ0v) is 11.5. The smallest absolute Gasteiger partial charge is 0.142 e. The summed E-state index contributed by atoms with van der Waals surface area (Å²) < 4.78 is 14.6. The Labute approximate surface area is 101 Å². The van der Waals surface area contributed by atoms with Crippen molar-refractivity contribution < 1.29 is 4.39 Å². The van der Waals surface area contributed by atoms with E-state index in [1.54, 1.807) is 12.1 Å². The highest BCUT2D eigenvalue weighted by Crippen LogP contribution is 2.26. The first-order valence-electron chi connectivity index (χ1n) is 4.40. The van der Waals surface area contributed by atoms with Gasteiger partial charge in [-0.05, 0) is 34.5 Å². The first-order valence-corrected chi connectivity index (χ1v) is 5.98. The lowest BCUT2D eigenvalue weighted by Gasteiger charge is -2.04. The second-order valence-corrected chi connectivity index (χ2v) is 4.02. The predicted molar refractivity (Wildman–Crippen MR) is 67.0 cm³/mol. The Bertz CT molecular complexity index is 308. The van der Waals surface area contributed by atoms with Crippen molar-refractivity contribution >= 4 is 31.9 Å². The lowest BCUT2D eigenvalue weighted by Crippen LogP contribution is -1.90. The van der Waals surface area contributed by atoms with Crippen LogP contribution in [0.5, 0.6) is 0 Å². The van der Waals surface area contributed by atoms with Gasteiger partial charge in [0, 0.05) is 10.0 Å². The van der Waals surface area contributed by atoms with Crippen LogP contribution in [0, 0.1) is 5.82 Å². The number of rotatable bonds is 2. The van der Waals surface area contributed by atoms with Gasteiger partial charge in [0.2, 0.25) is 0 Å². The number of hydrogen-bond acceptors (Lipinski definition) is 0. The third-order valence-electron chi connectivity index (χ3n) is 1.49. The summed E-state index contributed by atoms with van der Waals surface area (Å²) in [6, 6.07) is 3.48. The van der Waals surface area contributed by atoms with E-state index in [2.05, 4.69) is 38.4 Å². The number of hydrogen-bond donors (Lipinski definition) is 0. The molecule has 0 aliphatic heterocycles. The third-order valence-corrected chi connectivity index (χ3v) is 2.84. The molecule has 0 unspecified atom stereocenters. The van der Waals surface area contributed by atoms with Crippen LogP contribution < -0.4 is 0 Å². The first-order chi connectivity index (χ1) is 6.66. The molecule has 0 saturated heterocycles. The number of halogens is 3. The highest BCUT2D eigenvalue weighted by molar-refractivity contribution is 9.11. The van der Waals surface area contributed by atoms with Gasteiger partial charge < -0.3 is 0 Å². The summed E-state index contributed by atoms with van der Waals surface area (Å²) in [6.45, 7) is 7.57. The molecule has 0 nitrogen and oxygen atoms in total. The molecule has 1 aromatic carbocycles. The maximum atomic E-state index is 13.3. The van der Waals surface area contributed by atoms with E-state index in [4.69, 9.17) is 0 Å². The Hall–Kier alpha value is -0.150. The molecule has 0 radical (unpaired) electrons. The highest BCUT2D eigenvalue weighted by Gasteiger charge is 2.08. The monoisotopic (exact) mass is 322 g/mol. The molecule has 0 spiro atoms. The fourth-order valence-corrected chi connectivity index (χ4v) is 1.74. The van der Waals surface area contributed by atoms with Gasteiger partial charge in [-0.1, -0.05) is 35.9 Å². The summed E-state index contributed by atoms with van der Waals surface area (Å²) in [4.78, 5) is 0. The van der Waals surface area contributed by atoms with Crippen LogP contribution in [0.4, 0.5) is 4.39 Å². The normalized spacial score (nSPS) is 8.93. The van der Waals surface area contributed by atoms with Crippen molar-refractivity contribution in [3.8, 4) is 0 Å². The molecule has 0 amide bonds. The maximum Gasteiger partial charge on any atom is 0.142 e. The first kappa shape index (κ1) is 13.8.